The third-order valence-electron chi connectivity index (χ3n) is 3.98. The Hall–Kier alpha value is -2.87. The molecule has 1 aliphatic heterocycles. The van der Waals surface area contributed by atoms with Gasteiger partial charge in [0.1, 0.15) is 18.6 Å². The molecule has 8 nitrogen and oxygen atoms in total. The monoisotopic (exact) mass is 358 g/mol. The van der Waals surface area contributed by atoms with Gasteiger partial charge < -0.3 is 19.4 Å². The second kappa shape index (κ2) is 7.57. The van der Waals surface area contributed by atoms with E-state index in [-0.39, 0.29) is 30.7 Å². The maximum Gasteiger partial charge on any atom is 0.273 e. The molecular weight excluding hydrogens is 336 g/mol. The van der Waals surface area contributed by atoms with Crippen molar-refractivity contribution in [2.75, 3.05) is 38.7 Å². The van der Waals surface area contributed by atoms with Crippen LogP contribution in [-0.2, 0) is 11.3 Å². The number of oxazole rings is 1. The van der Waals surface area contributed by atoms with Crippen LogP contribution < -0.4 is 15.0 Å². The number of nitrogens with one attached hydrogen (secondary N) is 1. The summed E-state index contributed by atoms with van der Waals surface area (Å²) >= 11 is 0. The molecule has 0 aliphatic carbocycles. The third kappa shape index (κ3) is 4.02. The first-order valence-electron chi connectivity index (χ1n) is 8.35. The number of anilines is 1. The average Bonchev–Trinajstić information content (AvgIpc) is 3.06. The Morgan fingerprint density at radius 2 is 2.19 bits per heavy atom. The molecule has 0 saturated heterocycles. The smallest absolute Gasteiger partial charge is 0.273 e. The van der Waals surface area contributed by atoms with Crippen LogP contribution in [-0.4, -0.2) is 55.5 Å². The number of fused-ring (bicyclic) bond motifs is 1. The number of benzene rings is 1. The van der Waals surface area contributed by atoms with E-state index in [9.17, 15) is 9.59 Å². The summed E-state index contributed by atoms with van der Waals surface area (Å²) < 4.78 is 10.8. The quantitative estimate of drug-likeness (QED) is 0.835. The largest absolute Gasteiger partial charge is 0.482 e. The van der Waals surface area contributed by atoms with Gasteiger partial charge in [0.15, 0.2) is 12.3 Å². The van der Waals surface area contributed by atoms with E-state index in [1.165, 1.54) is 6.26 Å². The number of nitrogens with zero attached hydrogens (tertiary/aromatic N) is 3. The minimum atomic E-state index is -0.300. The summed E-state index contributed by atoms with van der Waals surface area (Å²) in [5.74, 6) is 0.457. The standard InChI is InChI=1S/C18H22N4O4/c1-12-4-5-15-14(8-12)22(17(23)11-25-15)9-16-20-13(10-26-16)18(24)19-6-7-21(2)3/h4-5,8,10H,6-7,9,11H2,1-3H3,(H,19,24). The number of aromatic nitrogens is 1. The molecule has 1 aromatic carbocycles. The molecule has 0 atom stereocenters. The van der Waals surface area contributed by atoms with Crippen LogP contribution >= 0.6 is 0 Å². The summed E-state index contributed by atoms with van der Waals surface area (Å²) in [5.41, 5.74) is 1.89. The van der Waals surface area contributed by atoms with Crippen molar-refractivity contribution in [1.29, 1.82) is 0 Å². The highest BCUT2D eigenvalue weighted by atomic mass is 16.5. The number of carbonyl (C=O) groups excluding carboxylic acids is 2. The number of aryl methyl sites for hydroxylation is 1. The van der Waals surface area contributed by atoms with Gasteiger partial charge in [-0.1, -0.05) is 6.07 Å². The second-order valence-corrected chi connectivity index (χ2v) is 6.43. The van der Waals surface area contributed by atoms with Crippen LogP contribution in [0, 0.1) is 6.92 Å². The highest BCUT2D eigenvalue weighted by Gasteiger charge is 2.27. The van der Waals surface area contributed by atoms with Crippen LogP contribution in [0.1, 0.15) is 21.9 Å². The first-order chi connectivity index (χ1) is 12.4. The lowest BCUT2D eigenvalue weighted by molar-refractivity contribution is -0.121. The van der Waals surface area contributed by atoms with Gasteiger partial charge >= 0.3 is 0 Å². The first-order valence-corrected chi connectivity index (χ1v) is 8.35. The van der Waals surface area contributed by atoms with E-state index in [1.807, 2.05) is 44.1 Å². The molecule has 2 amide bonds. The molecule has 3 rings (SSSR count). The Morgan fingerprint density at radius 1 is 1.38 bits per heavy atom. The summed E-state index contributed by atoms with van der Waals surface area (Å²) in [6.07, 6.45) is 1.31. The van der Waals surface area contributed by atoms with E-state index < -0.39 is 0 Å². The van der Waals surface area contributed by atoms with Crippen molar-refractivity contribution >= 4 is 17.5 Å². The van der Waals surface area contributed by atoms with Crippen LogP contribution in [0.4, 0.5) is 5.69 Å². The second-order valence-electron chi connectivity index (χ2n) is 6.43. The fourth-order valence-corrected chi connectivity index (χ4v) is 2.59. The molecule has 26 heavy (non-hydrogen) atoms. The zero-order valence-corrected chi connectivity index (χ0v) is 15.1. The highest BCUT2D eigenvalue weighted by Crippen LogP contribution is 2.33. The summed E-state index contributed by atoms with van der Waals surface area (Å²) in [6.45, 7) is 3.30. The molecule has 1 aromatic heterocycles. The number of amides is 2. The van der Waals surface area contributed by atoms with E-state index in [1.54, 1.807) is 4.90 Å². The fraction of sp³-hybridized carbons (Fsp3) is 0.389. The van der Waals surface area contributed by atoms with Crippen LogP contribution in [0.2, 0.25) is 0 Å². The number of carbonyl (C=O) groups is 2. The van der Waals surface area contributed by atoms with E-state index in [0.29, 0.717) is 23.9 Å². The van der Waals surface area contributed by atoms with Crippen LogP contribution in [0.15, 0.2) is 28.9 Å². The van der Waals surface area contributed by atoms with Crippen molar-refractivity contribution in [3.8, 4) is 5.75 Å². The molecule has 0 fully saturated rings. The molecule has 138 valence electrons. The van der Waals surface area contributed by atoms with Crippen molar-refractivity contribution in [1.82, 2.24) is 15.2 Å². The Morgan fingerprint density at radius 3 is 2.96 bits per heavy atom. The van der Waals surface area contributed by atoms with E-state index >= 15 is 0 Å². The Bertz CT molecular complexity index is 815. The summed E-state index contributed by atoms with van der Waals surface area (Å²) in [6, 6.07) is 5.64. The van der Waals surface area contributed by atoms with Crippen molar-refractivity contribution in [3.63, 3.8) is 0 Å². The zero-order valence-electron chi connectivity index (χ0n) is 15.1. The maximum atomic E-state index is 12.3. The predicted octanol–water partition coefficient (Wildman–Crippen LogP) is 1.20. The summed E-state index contributed by atoms with van der Waals surface area (Å²) in [4.78, 5) is 32.1. The summed E-state index contributed by atoms with van der Waals surface area (Å²) in [5, 5.41) is 2.78. The number of hydrogen-bond donors (Lipinski definition) is 1. The Balaban J connectivity index is 1.70. The van der Waals surface area contributed by atoms with Gasteiger partial charge in [-0.05, 0) is 38.7 Å². The molecular formula is C18H22N4O4. The third-order valence-corrected chi connectivity index (χ3v) is 3.98. The van der Waals surface area contributed by atoms with Gasteiger partial charge in [0.25, 0.3) is 11.8 Å². The molecule has 2 aromatic rings. The lowest BCUT2D eigenvalue weighted by Crippen LogP contribution is -2.38. The van der Waals surface area contributed by atoms with Gasteiger partial charge in [-0.15, -0.1) is 0 Å². The molecule has 1 N–H and O–H groups in total. The normalized spacial score (nSPS) is 13.5. The number of likely N-dealkylation sites (N-methyl/N-ethyl adjacent to an activating group) is 1. The minimum absolute atomic E-state index is 0.0331. The van der Waals surface area contributed by atoms with Gasteiger partial charge in [-0.25, -0.2) is 4.98 Å². The Kier molecular flexibility index (Phi) is 5.22. The van der Waals surface area contributed by atoms with Gasteiger partial charge in [0.05, 0.1) is 5.69 Å². The topological polar surface area (TPSA) is 87.9 Å². The van der Waals surface area contributed by atoms with Gasteiger partial charge in [-0.2, -0.15) is 0 Å². The first kappa shape index (κ1) is 17.9. The number of hydrogen-bond acceptors (Lipinski definition) is 6. The Labute approximate surface area is 151 Å². The van der Waals surface area contributed by atoms with Crippen LogP contribution in [0.5, 0.6) is 5.75 Å². The van der Waals surface area contributed by atoms with Crippen molar-refractivity contribution in [2.24, 2.45) is 0 Å². The minimum Gasteiger partial charge on any atom is -0.482 e. The maximum absolute atomic E-state index is 12.3. The van der Waals surface area contributed by atoms with Crippen molar-refractivity contribution in [2.45, 2.75) is 13.5 Å². The fourth-order valence-electron chi connectivity index (χ4n) is 2.59. The molecule has 8 heteroatoms. The molecule has 0 radical (unpaired) electrons. The lowest BCUT2D eigenvalue weighted by atomic mass is 10.1. The molecule has 2 heterocycles. The van der Waals surface area contributed by atoms with E-state index in [0.717, 1.165) is 12.1 Å². The molecule has 0 saturated carbocycles. The van der Waals surface area contributed by atoms with Gasteiger partial charge in [0, 0.05) is 13.1 Å². The van der Waals surface area contributed by atoms with Crippen molar-refractivity contribution < 1.29 is 18.7 Å². The van der Waals surface area contributed by atoms with Crippen LogP contribution in [0.3, 0.4) is 0 Å². The molecule has 0 unspecified atom stereocenters. The molecule has 1 aliphatic rings. The SMILES string of the molecule is Cc1ccc2c(c1)N(Cc1nc(C(=O)NCCN(C)C)co1)C(=O)CO2. The van der Waals surface area contributed by atoms with E-state index in [4.69, 9.17) is 9.15 Å². The molecule has 0 bridgehead atoms. The van der Waals surface area contributed by atoms with Gasteiger partial charge in [-0.3, -0.25) is 14.5 Å². The average molecular weight is 358 g/mol. The predicted molar refractivity (Wildman–Crippen MR) is 95.3 cm³/mol. The van der Waals surface area contributed by atoms with Gasteiger partial charge in [0.2, 0.25) is 5.89 Å². The molecule has 0 spiro atoms. The lowest BCUT2D eigenvalue weighted by Gasteiger charge is -2.28. The number of ether oxygens (including phenoxy) is 1. The highest BCUT2D eigenvalue weighted by molar-refractivity contribution is 5.97. The zero-order chi connectivity index (χ0) is 18.7. The number of rotatable bonds is 6. The van der Waals surface area contributed by atoms with Crippen LogP contribution in [0.25, 0.3) is 0 Å². The summed E-state index contributed by atoms with van der Waals surface area (Å²) in [7, 11) is 3.86. The van der Waals surface area contributed by atoms with E-state index in [2.05, 4.69) is 10.3 Å². The van der Waals surface area contributed by atoms with Crippen molar-refractivity contribution in [3.05, 3.63) is 41.6 Å².